The van der Waals surface area contributed by atoms with Gasteiger partial charge in [0.15, 0.2) is 0 Å². The van der Waals surface area contributed by atoms with Gasteiger partial charge in [0.05, 0.1) is 0 Å². The molecule has 0 spiro atoms. The largest absolute Gasteiger partial charge is 0.0619 e. The van der Waals surface area contributed by atoms with Crippen LogP contribution in [0.5, 0.6) is 0 Å². The third kappa shape index (κ3) is 0.342. The summed E-state index contributed by atoms with van der Waals surface area (Å²) < 4.78 is 0. The molecule has 0 heteroatoms. The summed E-state index contributed by atoms with van der Waals surface area (Å²) in [6.07, 6.45) is 1.49. The normalized spacial score (nSPS) is 60.0. The molecular weight excluding hydrogens is 108 g/mol. The predicted molar refractivity (Wildman–Crippen MR) is 39.2 cm³/mol. The Hall–Kier alpha value is 0. The first-order chi connectivity index (χ1) is 4.01. The molecule has 2 aliphatic carbocycles. The lowest BCUT2D eigenvalue weighted by molar-refractivity contribution is 0.190. The van der Waals surface area contributed by atoms with Crippen molar-refractivity contribution in [2.24, 2.45) is 22.7 Å². The van der Waals surface area contributed by atoms with Gasteiger partial charge in [-0.1, -0.05) is 27.7 Å². The molecule has 0 bridgehead atoms. The first-order valence-corrected chi connectivity index (χ1v) is 4.01. The summed E-state index contributed by atoms with van der Waals surface area (Å²) >= 11 is 0. The average molecular weight is 124 g/mol. The van der Waals surface area contributed by atoms with Crippen molar-refractivity contribution in [1.82, 2.24) is 0 Å². The van der Waals surface area contributed by atoms with Gasteiger partial charge in [-0.2, -0.15) is 0 Å². The second kappa shape index (κ2) is 1.09. The van der Waals surface area contributed by atoms with Crippen LogP contribution in [0.1, 0.15) is 34.1 Å². The van der Waals surface area contributed by atoms with E-state index in [0.717, 1.165) is 17.3 Å². The highest BCUT2D eigenvalue weighted by Crippen LogP contribution is 2.82. The Bertz CT molecular complexity index is 157. The fraction of sp³-hybridized carbons (Fsp3) is 1.00. The fourth-order valence-corrected chi connectivity index (χ4v) is 3.09. The molecule has 2 saturated carbocycles. The first-order valence-electron chi connectivity index (χ1n) is 4.01. The van der Waals surface area contributed by atoms with Crippen molar-refractivity contribution in [3.63, 3.8) is 0 Å². The van der Waals surface area contributed by atoms with Crippen LogP contribution in [0, 0.1) is 22.7 Å². The zero-order valence-corrected chi connectivity index (χ0v) is 6.86. The summed E-state index contributed by atoms with van der Waals surface area (Å²) in [6, 6.07) is 0. The van der Waals surface area contributed by atoms with Crippen LogP contribution in [-0.4, -0.2) is 0 Å². The van der Waals surface area contributed by atoms with Crippen LogP contribution in [0.3, 0.4) is 0 Å². The van der Waals surface area contributed by atoms with E-state index in [0.29, 0.717) is 5.41 Å². The van der Waals surface area contributed by atoms with Gasteiger partial charge >= 0.3 is 0 Å². The summed E-state index contributed by atoms with van der Waals surface area (Å²) in [5.74, 6) is 2.07. The third-order valence-electron chi connectivity index (χ3n) is 4.51. The summed E-state index contributed by atoms with van der Waals surface area (Å²) in [5, 5.41) is 0. The molecule has 2 fully saturated rings. The molecule has 3 atom stereocenters. The van der Waals surface area contributed by atoms with Gasteiger partial charge in [-0.15, -0.1) is 0 Å². The summed E-state index contributed by atoms with van der Waals surface area (Å²) in [6.45, 7) is 9.68. The van der Waals surface area contributed by atoms with E-state index < -0.39 is 0 Å². The topological polar surface area (TPSA) is 0 Å². The Morgan fingerprint density at radius 1 is 1.22 bits per heavy atom. The van der Waals surface area contributed by atoms with Gasteiger partial charge in [-0.05, 0) is 29.1 Å². The van der Waals surface area contributed by atoms with Crippen molar-refractivity contribution in [2.45, 2.75) is 34.1 Å². The van der Waals surface area contributed by atoms with E-state index in [2.05, 4.69) is 27.7 Å². The van der Waals surface area contributed by atoms with Crippen LogP contribution in [0.15, 0.2) is 0 Å². The number of hydrogen-bond donors (Lipinski definition) is 0. The molecule has 0 heterocycles. The van der Waals surface area contributed by atoms with Gasteiger partial charge in [0.1, 0.15) is 0 Å². The zero-order chi connectivity index (χ0) is 6.86. The zero-order valence-electron chi connectivity index (χ0n) is 6.86. The third-order valence-corrected chi connectivity index (χ3v) is 4.51. The maximum absolute atomic E-state index is 2.45. The van der Waals surface area contributed by atoms with Crippen LogP contribution < -0.4 is 0 Å². The Kier molecular flexibility index (Phi) is 0.695. The van der Waals surface area contributed by atoms with E-state index in [1.165, 1.54) is 6.42 Å². The lowest BCUT2D eigenvalue weighted by Crippen LogP contribution is -2.22. The molecule has 0 aliphatic heterocycles. The lowest BCUT2D eigenvalue weighted by atomic mass is 9.75. The molecule has 0 aromatic rings. The molecule has 0 N–H and O–H groups in total. The molecule has 9 heavy (non-hydrogen) atoms. The minimum Gasteiger partial charge on any atom is -0.0619 e. The van der Waals surface area contributed by atoms with Crippen molar-refractivity contribution < 1.29 is 0 Å². The van der Waals surface area contributed by atoms with Gasteiger partial charge in [0, 0.05) is 0 Å². The highest BCUT2D eigenvalue weighted by Gasteiger charge is 2.76. The Morgan fingerprint density at radius 2 is 1.78 bits per heavy atom. The van der Waals surface area contributed by atoms with Crippen molar-refractivity contribution in [3.05, 3.63) is 0 Å². The number of rotatable bonds is 0. The minimum atomic E-state index is 0.687. The first kappa shape index (κ1) is 5.76. The maximum atomic E-state index is 2.45. The molecular formula is C9H16. The molecule has 0 aromatic heterocycles. The molecule has 2 aliphatic rings. The molecule has 0 nitrogen and oxygen atoms in total. The smallest absolute Gasteiger partial charge is 0.0212 e. The van der Waals surface area contributed by atoms with E-state index in [-0.39, 0.29) is 0 Å². The molecule has 52 valence electrons. The van der Waals surface area contributed by atoms with Gasteiger partial charge in [-0.3, -0.25) is 0 Å². The lowest BCUT2D eigenvalue weighted by Gasteiger charge is -2.30. The van der Waals surface area contributed by atoms with E-state index in [4.69, 9.17) is 0 Å². The van der Waals surface area contributed by atoms with Crippen molar-refractivity contribution in [3.8, 4) is 0 Å². The van der Waals surface area contributed by atoms with Gasteiger partial charge in [0.2, 0.25) is 0 Å². The van der Waals surface area contributed by atoms with Crippen molar-refractivity contribution in [2.75, 3.05) is 0 Å². The highest BCUT2D eigenvalue weighted by molar-refractivity contribution is 5.24. The molecule has 0 radical (unpaired) electrons. The predicted octanol–water partition coefficient (Wildman–Crippen LogP) is 2.69. The minimum absolute atomic E-state index is 0.687. The Balaban J connectivity index is 2.26. The van der Waals surface area contributed by atoms with Gasteiger partial charge in [0.25, 0.3) is 0 Å². The molecule has 0 amide bonds. The van der Waals surface area contributed by atoms with Crippen LogP contribution >= 0.6 is 0 Å². The van der Waals surface area contributed by atoms with E-state index >= 15 is 0 Å². The van der Waals surface area contributed by atoms with E-state index in [9.17, 15) is 0 Å². The van der Waals surface area contributed by atoms with Crippen molar-refractivity contribution in [1.29, 1.82) is 0 Å². The summed E-state index contributed by atoms with van der Waals surface area (Å²) in [4.78, 5) is 0. The van der Waals surface area contributed by atoms with E-state index in [1.807, 2.05) is 0 Å². The second-order valence-electron chi connectivity index (χ2n) is 4.69. The standard InChI is InChI=1S/C9H16/c1-6-5-7-8(2,3)9(6,7)4/h6-7H,5H2,1-4H3. The second-order valence-corrected chi connectivity index (χ2v) is 4.69. The quantitative estimate of drug-likeness (QED) is 0.465. The Labute approximate surface area is 57.6 Å². The van der Waals surface area contributed by atoms with Gasteiger partial charge in [-0.25, -0.2) is 0 Å². The van der Waals surface area contributed by atoms with Crippen molar-refractivity contribution >= 4 is 0 Å². The van der Waals surface area contributed by atoms with Crippen LogP contribution in [-0.2, 0) is 0 Å². The summed E-state index contributed by atoms with van der Waals surface area (Å²) in [7, 11) is 0. The SMILES string of the molecule is CC1CC2C(C)(C)C12C. The molecule has 0 aromatic carbocycles. The number of fused-ring (bicyclic) bond motifs is 1. The van der Waals surface area contributed by atoms with E-state index in [1.54, 1.807) is 0 Å². The van der Waals surface area contributed by atoms with Crippen LogP contribution in [0.2, 0.25) is 0 Å². The summed E-state index contributed by atoms with van der Waals surface area (Å²) in [5.41, 5.74) is 1.43. The highest BCUT2D eigenvalue weighted by atomic mass is 14.8. The monoisotopic (exact) mass is 124 g/mol. The number of hydrogen-bond acceptors (Lipinski definition) is 0. The molecule has 0 saturated heterocycles. The van der Waals surface area contributed by atoms with Crippen LogP contribution in [0.25, 0.3) is 0 Å². The Morgan fingerprint density at radius 3 is 1.78 bits per heavy atom. The average Bonchev–Trinajstić information content (AvgIpc) is 2.10. The molecule has 2 rings (SSSR count). The van der Waals surface area contributed by atoms with Crippen LogP contribution in [0.4, 0.5) is 0 Å². The fourth-order valence-electron chi connectivity index (χ4n) is 3.09. The van der Waals surface area contributed by atoms with Gasteiger partial charge < -0.3 is 0 Å². The maximum Gasteiger partial charge on any atom is -0.0212 e. The molecule has 3 unspecified atom stereocenters.